The molecule has 84 valence electrons. The van der Waals surface area contributed by atoms with Crippen molar-refractivity contribution < 1.29 is 4.42 Å². The highest BCUT2D eigenvalue weighted by atomic mass is 16.4. The van der Waals surface area contributed by atoms with Crippen LogP contribution in [-0.4, -0.2) is 9.78 Å². The number of nitrogens with zero attached hydrogens (tertiary/aromatic N) is 2. The molecular weight excluding hydrogens is 206 g/mol. The molecule has 0 aliphatic rings. The number of aromatic nitrogens is 2. The van der Waals surface area contributed by atoms with Gasteiger partial charge in [-0.25, -0.2) is 4.79 Å². The van der Waals surface area contributed by atoms with Crippen molar-refractivity contribution in [1.29, 1.82) is 0 Å². The SMILES string of the molecule is CCn1nc(Cc2ccc(N)cc2)oc1=O. The average Bonchev–Trinajstić information content (AvgIpc) is 2.62. The van der Waals surface area contributed by atoms with Crippen LogP contribution in [-0.2, 0) is 13.0 Å². The zero-order valence-corrected chi connectivity index (χ0v) is 9.01. The summed E-state index contributed by atoms with van der Waals surface area (Å²) in [6.07, 6.45) is 0.503. The third-order valence-corrected chi connectivity index (χ3v) is 2.28. The first-order valence-electron chi connectivity index (χ1n) is 5.10. The summed E-state index contributed by atoms with van der Waals surface area (Å²) in [7, 11) is 0. The van der Waals surface area contributed by atoms with Crippen LogP contribution in [0.2, 0.25) is 0 Å². The van der Waals surface area contributed by atoms with E-state index in [0.717, 1.165) is 5.56 Å². The van der Waals surface area contributed by atoms with Crippen molar-refractivity contribution in [1.82, 2.24) is 9.78 Å². The quantitative estimate of drug-likeness (QED) is 0.782. The minimum Gasteiger partial charge on any atom is -0.399 e. The molecule has 2 rings (SSSR count). The van der Waals surface area contributed by atoms with E-state index < -0.39 is 5.76 Å². The highest BCUT2D eigenvalue weighted by Crippen LogP contribution is 2.09. The molecular formula is C11H13N3O2. The Kier molecular flexibility index (Phi) is 2.76. The molecule has 0 atom stereocenters. The zero-order chi connectivity index (χ0) is 11.5. The molecule has 1 heterocycles. The second-order valence-electron chi connectivity index (χ2n) is 3.50. The van der Waals surface area contributed by atoms with Crippen molar-refractivity contribution in [3.05, 3.63) is 46.3 Å². The van der Waals surface area contributed by atoms with Gasteiger partial charge in [-0.05, 0) is 24.6 Å². The Balaban J connectivity index is 2.20. The molecule has 1 aromatic carbocycles. The average molecular weight is 219 g/mol. The van der Waals surface area contributed by atoms with E-state index in [1.165, 1.54) is 4.68 Å². The van der Waals surface area contributed by atoms with Crippen LogP contribution in [0.25, 0.3) is 0 Å². The molecule has 0 aliphatic heterocycles. The maximum absolute atomic E-state index is 11.2. The van der Waals surface area contributed by atoms with E-state index in [1.807, 2.05) is 31.2 Å². The molecule has 0 radical (unpaired) electrons. The predicted molar refractivity (Wildman–Crippen MR) is 60.1 cm³/mol. The summed E-state index contributed by atoms with van der Waals surface area (Å²) in [4.78, 5) is 11.2. The lowest BCUT2D eigenvalue weighted by Crippen LogP contribution is -2.13. The molecule has 1 aromatic heterocycles. The molecule has 0 fully saturated rings. The minimum atomic E-state index is -0.409. The van der Waals surface area contributed by atoms with Crippen LogP contribution >= 0.6 is 0 Å². The van der Waals surface area contributed by atoms with Gasteiger partial charge >= 0.3 is 5.76 Å². The molecule has 0 unspecified atom stereocenters. The van der Waals surface area contributed by atoms with Crippen LogP contribution in [0.15, 0.2) is 33.5 Å². The zero-order valence-electron chi connectivity index (χ0n) is 9.01. The van der Waals surface area contributed by atoms with Crippen LogP contribution in [0.3, 0.4) is 0 Å². The molecule has 0 bridgehead atoms. The number of rotatable bonds is 3. The summed E-state index contributed by atoms with van der Waals surface area (Å²) in [6.45, 7) is 2.36. The highest BCUT2D eigenvalue weighted by molar-refractivity contribution is 5.39. The van der Waals surface area contributed by atoms with E-state index >= 15 is 0 Å². The highest BCUT2D eigenvalue weighted by Gasteiger charge is 2.06. The third-order valence-electron chi connectivity index (χ3n) is 2.28. The number of aryl methyl sites for hydroxylation is 1. The summed E-state index contributed by atoms with van der Waals surface area (Å²) in [6, 6.07) is 7.40. The van der Waals surface area contributed by atoms with Gasteiger partial charge in [0.15, 0.2) is 0 Å². The van der Waals surface area contributed by atoms with Crippen molar-refractivity contribution >= 4 is 5.69 Å². The first kappa shape index (κ1) is 10.5. The number of nitrogens with two attached hydrogens (primary N) is 1. The second kappa shape index (κ2) is 4.22. The van der Waals surface area contributed by atoms with Crippen LogP contribution in [0.5, 0.6) is 0 Å². The number of anilines is 1. The Bertz CT molecular complexity index is 525. The third kappa shape index (κ3) is 2.13. The fourth-order valence-corrected chi connectivity index (χ4v) is 1.43. The molecule has 0 saturated heterocycles. The van der Waals surface area contributed by atoms with Gasteiger partial charge in [0.2, 0.25) is 5.89 Å². The molecule has 16 heavy (non-hydrogen) atoms. The molecule has 5 heteroatoms. The van der Waals surface area contributed by atoms with E-state index in [4.69, 9.17) is 10.2 Å². The molecule has 2 aromatic rings. The molecule has 2 N–H and O–H groups in total. The predicted octanol–water partition coefficient (Wildman–Crippen LogP) is 1.03. The maximum Gasteiger partial charge on any atom is 0.437 e. The summed E-state index contributed by atoms with van der Waals surface area (Å²) >= 11 is 0. The topological polar surface area (TPSA) is 74.1 Å². The van der Waals surface area contributed by atoms with Gasteiger partial charge in [-0.15, -0.1) is 5.10 Å². The van der Waals surface area contributed by atoms with Crippen molar-refractivity contribution in [3.63, 3.8) is 0 Å². The molecule has 5 nitrogen and oxygen atoms in total. The Morgan fingerprint density at radius 2 is 2.06 bits per heavy atom. The van der Waals surface area contributed by atoms with Crippen molar-refractivity contribution in [2.45, 2.75) is 19.9 Å². The van der Waals surface area contributed by atoms with Gasteiger partial charge in [-0.2, -0.15) is 4.68 Å². The lowest BCUT2D eigenvalue weighted by atomic mass is 10.1. The van der Waals surface area contributed by atoms with E-state index in [2.05, 4.69) is 5.10 Å². The summed E-state index contributed by atoms with van der Waals surface area (Å²) < 4.78 is 6.30. The van der Waals surface area contributed by atoms with Crippen molar-refractivity contribution in [3.8, 4) is 0 Å². The largest absolute Gasteiger partial charge is 0.437 e. The van der Waals surface area contributed by atoms with Crippen LogP contribution in [0.4, 0.5) is 5.69 Å². The van der Waals surface area contributed by atoms with Gasteiger partial charge in [0.1, 0.15) is 0 Å². The normalized spacial score (nSPS) is 10.6. The van der Waals surface area contributed by atoms with Gasteiger partial charge in [-0.1, -0.05) is 12.1 Å². The van der Waals surface area contributed by atoms with Gasteiger partial charge in [0.05, 0.1) is 6.42 Å². The number of hydrogen-bond donors (Lipinski definition) is 1. The number of benzene rings is 1. The molecule has 0 amide bonds. The maximum atomic E-state index is 11.2. The standard InChI is InChI=1S/C11H13N3O2/c1-2-14-11(15)16-10(13-14)7-8-3-5-9(12)6-4-8/h3-6H,2,7,12H2,1H3. The van der Waals surface area contributed by atoms with Gasteiger partial charge < -0.3 is 10.2 Å². The van der Waals surface area contributed by atoms with Crippen LogP contribution in [0.1, 0.15) is 18.4 Å². The van der Waals surface area contributed by atoms with Crippen molar-refractivity contribution in [2.75, 3.05) is 5.73 Å². The number of nitrogen functional groups attached to an aromatic ring is 1. The molecule has 0 aliphatic carbocycles. The van der Waals surface area contributed by atoms with Crippen LogP contribution in [0, 0.1) is 0 Å². The van der Waals surface area contributed by atoms with Crippen LogP contribution < -0.4 is 11.5 Å². The summed E-state index contributed by atoms with van der Waals surface area (Å²) in [5.74, 6) is 0.0181. The smallest absolute Gasteiger partial charge is 0.399 e. The van der Waals surface area contributed by atoms with Gasteiger partial charge in [0.25, 0.3) is 0 Å². The van der Waals surface area contributed by atoms with Gasteiger partial charge in [-0.3, -0.25) is 0 Å². The van der Waals surface area contributed by atoms with Crippen molar-refractivity contribution in [2.24, 2.45) is 0 Å². The fourth-order valence-electron chi connectivity index (χ4n) is 1.43. The molecule has 0 saturated carbocycles. The van der Waals surface area contributed by atoms with E-state index in [9.17, 15) is 4.79 Å². The van der Waals surface area contributed by atoms with Gasteiger partial charge in [0, 0.05) is 12.2 Å². The minimum absolute atomic E-state index is 0.409. The van der Waals surface area contributed by atoms with E-state index in [-0.39, 0.29) is 0 Å². The Hall–Kier alpha value is -2.04. The fraction of sp³-hybridized carbons (Fsp3) is 0.273. The monoisotopic (exact) mass is 219 g/mol. The second-order valence-corrected chi connectivity index (χ2v) is 3.50. The first-order chi connectivity index (χ1) is 7.69. The Labute approximate surface area is 92.5 Å². The Morgan fingerprint density at radius 1 is 1.38 bits per heavy atom. The summed E-state index contributed by atoms with van der Waals surface area (Å²) in [5, 5.41) is 4.05. The van der Waals surface area contributed by atoms with E-state index in [0.29, 0.717) is 24.5 Å². The first-order valence-corrected chi connectivity index (χ1v) is 5.10. The molecule has 0 spiro atoms. The number of hydrogen-bond acceptors (Lipinski definition) is 4. The lowest BCUT2D eigenvalue weighted by molar-refractivity contribution is 0.455. The van der Waals surface area contributed by atoms with E-state index in [1.54, 1.807) is 0 Å². The lowest BCUT2D eigenvalue weighted by Gasteiger charge is -1.97. The summed E-state index contributed by atoms with van der Waals surface area (Å²) in [5.41, 5.74) is 7.30. The Morgan fingerprint density at radius 3 is 2.62 bits per heavy atom.